The monoisotopic (exact) mass is 330 g/mol. The number of methoxy groups -OCH3 is 1. The van der Waals surface area contributed by atoms with E-state index in [1.165, 1.54) is 24.1 Å². The summed E-state index contributed by atoms with van der Waals surface area (Å²) < 4.78 is 12.3. The average molecular weight is 330 g/mol. The second-order valence-corrected chi connectivity index (χ2v) is 5.49. The number of carbonyl (C=O) groups excluding carboxylic acids is 1. The topological polar surface area (TPSA) is 86.6 Å². The lowest BCUT2D eigenvalue weighted by atomic mass is 10.2. The minimum Gasteiger partial charge on any atom is -0.477 e. The Balaban J connectivity index is 1.70. The molecule has 0 spiro atoms. The van der Waals surface area contributed by atoms with Gasteiger partial charge in [-0.2, -0.15) is 0 Å². The van der Waals surface area contributed by atoms with E-state index in [0.29, 0.717) is 31.3 Å². The van der Waals surface area contributed by atoms with Gasteiger partial charge in [0.2, 0.25) is 0 Å². The fraction of sp³-hybridized carbons (Fsp3) is 0.375. The zero-order chi connectivity index (χ0) is 17.1. The lowest BCUT2D eigenvalue weighted by Crippen LogP contribution is -2.35. The second-order valence-electron chi connectivity index (χ2n) is 5.49. The molecule has 8 nitrogen and oxygen atoms in total. The quantitative estimate of drug-likeness (QED) is 0.810. The molecule has 0 aromatic carbocycles. The molecule has 2 aromatic rings. The Morgan fingerprint density at radius 1 is 1.29 bits per heavy atom. The van der Waals surface area contributed by atoms with Crippen molar-refractivity contribution in [1.29, 1.82) is 0 Å². The molecule has 1 aliphatic rings. The van der Waals surface area contributed by atoms with Crippen LogP contribution >= 0.6 is 0 Å². The summed E-state index contributed by atoms with van der Waals surface area (Å²) >= 11 is 0. The van der Waals surface area contributed by atoms with Crippen LogP contribution < -0.4 is 15.0 Å². The van der Waals surface area contributed by atoms with Crippen molar-refractivity contribution in [3.63, 3.8) is 0 Å². The van der Waals surface area contributed by atoms with Crippen LogP contribution in [0.1, 0.15) is 16.8 Å². The van der Waals surface area contributed by atoms with Gasteiger partial charge in [0.05, 0.1) is 13.7 Å². The molecule has 0 unspecified atom stereocenters. The number of carbonyl (C=O) groups is 1. The number of hydrogen-bond acceptors (Lipinski definition) is 6. The van der Waals surface area contributed by atoms with Crippen LogP contribution in [0.4, 0.5) is 0 Å². The highest BCUT2D eigenvalue weighted by molar-refractivity contribution is 5.94. The molecule has 1 saturated heterocycles. The number of aryl methyl sites for hydroxylation is 1. The molecular weight excluding hydrogens is 312 g/mol. The summed E-state index contributed by atoms with van der Waals surface area (Å²) in [5.41, 5.74) is -0.139. The number of nitrogens with zero attached hydrogens (tertiary/aromatic N) is 4. The van der Waals surface area contributed by atoms with Crippen LogP contribution in [0, 0.1) is 0 Å². The van der Waals surface area contributed by atoms with E-state index in [2.05, 4.69) is 9.97 Å². The Morgan fingerprint density at radius 2 is 2.04 bits per heavy atom. The Bertz CT molecular complexity index is 805. The van der Waals surface area contributed by atoms with E-state index in [1.54, 1.807) is 30.3 Å². The highest BCUT2D eigenvalue weighted by atomic mass is 16.5. The summed E-state index contributed by atoms with van der Waals surface area (Å²) in [4.78, 5) is 34.4. The minimum atomic E-state index is -0.303. The van der Waals surface area contributed by atoms with Crippen molar-refractivity contribution in [3.8, 4) is 11.8 Å². The molecule has 8 heteroatoms. The maximum atomic E-state index is 12.5. The third-order valence-corrected chi connectivity index (χ3v) is 3.89. The highest BCUT2D eigenvalue weighted by Gasteiger charge is 2.30. The van der Waals surface area contributed by atoms with Crippen LogP contribution in [0.2, 0.25) is 0 Å². The first-order valence-corrected chi connectivity index (χ1v) is 7.56. The molecule has 2 aromatic heterocycles. The Labute approximate surface area is 138 Å². The van der Waals surface area contributed by atoms with Crippen molar-refractivity contribution >= 4 is 5.91 Å². The Kier molecular flexibility index (Phi) is 4.45. The first-order valence-electron chi connectivity index (χ1n) is 7.56. The average Bonchev–Trinajstić information content (AvgIpc) is 3.06. The number of ether oxygens (including phenoxy) is 2. The van der Waals surface area contributed by atoms with Gasteiger partial charge in [-0.15, -0.1) is 0 Å². The van der Waals surface area contributed by atoms with Gasteiger partial charge in [-0.3, -0.25) is 9.59 Å². The van der Waals surface area contributed by atoms with Gasteiger partial charge >= 0.3 is 0 Å². The molecule has 1 amide bonds. The van der Waals surface area contributed by atoms with E-state index >= 15 is 0 Å². The maximum absolute atomic E-state index is 12.5. The van der Waals surface area contributed by atoms with E-state index in [-0.39, 0.29) is 23.1 Å². The molecule has 1 atom stereocenters. The van der Waals surface area contributed by atoms with Gasteiger partial charge in [0.25, 0.3) is 23.2 Å². The first kappa shape index (κ1) is 16.0. The van der Waals surface area contributed by atoms with Crippen molar-refractivity contribution in [3.05, 3.63) is 46.6 Å². The van der Waals surface area contributed by atoms with Crippen LogP contribution in [0.3, 0.4) is 0 Å². The van der Waals surface area contributed by atoms with Crippen LogP contribution in [-0.2, 0) is 7.05 Å². The van der Waals surface area contributed by atoms with Crippen LogP contribution in [0.15, 0.2) is 35.5 Å². The van der Waals surface area contributed by atoms with Gasteiger partial charge in [-0.1, -0.05) is 0 Å². The standard InChI is InChI=1S/C16H18N4O4/c1-19-8-3-4-12(15(19)21)16(22)20-9-5-11(10-20)24-14-13(23-2)17-6-7-18-14/h3-4,6-8,11H,5,9-10H2,1-2H3/t11-/m0/s1. The smallest absolute Gasteiger partial charge is 0.278 e. The molecule has 1 fully saturated rings. The zero-order valence-corrected chi connectivity index (χ0v) is 13.5. The maximum Gasteiger partial charge on any atom is 0.278 e. The molecule has 126 valence electrons. The minimum absolute atomic E-state index is 0.165. The summed E-state index contributed by atoms with van der Waals surface area (Å²) in [5, 5.41) is 0. The first-order chi connectivity index (χ1) is 11.6. The molecule has 1 aliphatic heterocycles. The van der Waals surface area contributed by atoms with E-state index < -0.39 is 0 Å². The molecular formula is C16H18N4O4. The van der Waals surface area contributed by atoms with Gasteiger partial charge < -0.3 is 18.9 Å². The lowest BCUT2D eigenvalue weighted by molar-refractivity contribution is 0.0768. The van der Waals surface area contributed by atoms with Crippen molar-refractivity contribution in [2.45, 2.75) is 12.5 Å². The number of rotatable bonds is 4. The van der Waals surface area contributed by atoms with Crippen LogP contribution in [0.5, 0.6) is 11.8 Å². The van der Waals surface area contributed by atoms with E-state index in [9.17, 15) is 9.59 Å². The second kappa shape index (κ2) is 6.69. The fourth-order valence-electron chi connectivity index (χ4n) is 2.63. The number of amides is 1. The summed E-state index contributed by atoms with van der Waals surface area (Å²) in [7, 11) is 3.11. The summed E-state index contributed by atoms with van der Waals surface area (Å²) in [6.45, 7) is 0.904. The van der Waals surface area contributed by atoms with Crippen molar-refractivity contribution in [2.24, 2.45) is 7.05 Å². The van der Waals surface area contributed by atoms with Gasteiger partial charge in [-0.25, -0.2) is 9.97 Å². The van der Waals surface area contributed by atoms with Gasteiger partial charge in [0, 0.05) is 38.6 Å². The molecule has 0 aliphatic carbocycles. The predicted octanol–water partition coefficient (Wildman–Crippen LogP) is 0.477. The normalized spacial score (nSPS) is 16.9. The van der Waals surface area contributed by atoms with E-state index in [0.717, 1.165) is 0 Å². The van der Waals surface area contributed by atoms with Gasteiger partial charge in [0.15, 0.2) is 0 Å². The van der Waals surface area contributed by atoms with Crippen molar-refractivity contribution in [2.75, 3.05) is 20.2 Å². The third-order valence-electron chi connectivity index (χ3n) is 3.89. The third kappa shape index (κ3) is 3.08. The van der Waals surface area contributed by atoms with E-state index in [1.807, 2.05) is 0 Å². The molecule has 0 bridgehead atoms. The number of pyridine rings is 1. The predicted molar refractivity (Wildman–Crippen MR) is 85.2 cm³/mol. The SMILES string of the molecule is COc1nccnc1O[C@H]1CCN(C(=O)c2cccn(C)c2=O)C1. The van der Waals surface area contributed by atoms with Crippen LogP contribution in [0.25, 0.3) is 0 Å². The molecule has 3 rings (SSSR count). The highest BCUT2D eigenvalue weighted by Crippen LogP contribution is 2.24. The molecule has 0 N–H and O–H groups in total. The van der Waals surface area contributed by atoms with Crippen molar-refractivity contribution < 1.29 is 14.3 Å². The number of likely N-dealkylation sites (tertiary alicyclic amines) is 1. The Hall–Kier alpha value is -2.90. The summed E-state index contributed by atoms with van der Waals surface area (Å²) in [6, 6.07) is 3.23. The molecule has 0 saturated carbocycles. The largest absolute Gasteiger partial charge is 0.477 e. The number of aromatic nitrogens is 3. The molecule has 24 heavy (non-hydrogen) atoms. The Morgan fingerprint density at radius 3 is 2.79 bits per heavy atom. The molecule has 0 radical (unpaired) electrons. The molecule has 3 heterocycles. The van der Waals surface area contributed by atoms with Gasteiger partial charge in [-0.05, 0) is 12.1 Å². The fourth-order valence-corrected chi connectivity index (χ4v) is 2.63. The van der Waals surface area contributed by atoms with Gasteiger partial charge in [0.1, 0.15) is 11.7 Å². The summed E-state index contributed by atoms with van der Waals surface area (Å²) in [6.07, 6.45) is 5.09. The van der Waals surface area contributed by atoms with Crippen LogP contribution in [-0.4, -0.2) is 51.6 Å². The van der Waals surface area contributed by atoms with Crippen molar-refractivity contribution in [1.82, 2.24) is 19.4 Å². The zero-order valence-electron chi connectivity index (χ0n) is 13.5. The lowest BCUT2D eigenvalue weighted by Gasteiger charge is -2.17. The van der Waals surface area contributed by atoms with E-state index in [4.69, 9.17) is 9.47 Å². The summed E-state index contributed by atoms with van der Waals surface area (Å²) in [5.74, 6) is 0.322. The number of hydrogen-bond donors (Lipinski definition) is 0.